The fraction of sp³-hybridized carbons (Fsp3) is 0.269. The van der Waals surface area contributed by atoms with E-state index in [9.17, 15) is 17.6 Å². The maximum Gasteiger partial charge on any atom is 0.261 e. The van der Waals surface area contributed by atoms with Crippen molar-refractivity contribution in [2.24, 2.45) is 0 Å². The zero-order valence-electron chi connectivity index (χ0n) is 19.6. The fourth-order valence-corrected chi connectivity index (χ4v) is 5.23. The molecule has 0 bridgehead atoms. The Hall–Kier alpha value is -3.27. The molecule has 1 amide bonds. The number of ether oxygens (including phenoxy) is 1. The van der Waals surface area contributed by atoms with Gasteiger partial charge >= 0.3 is 0 Å². The number of carbonyl (C=O) groups excluding carboxylic acids is 1. The van der Waals surface area contributed by atoms with Crippen LogP contribution in [0.3, 0.4) is 0 Å². The first-order valence-electron chi connectivity index (χ1n) is 11.4. The molecule has 0 saturated carbocycles. The van der Waals surface area contributed by atoms with Crippen molar-refractivity contribution >= 4 is 27.3 Å². The summed E-state index contributed by atoms with van der Waals surface area (Å²) < 4.78 is 47.1. The van der Waals surface area contributed by atoms with Gasteiger partial charge in [0.25, 0.3) is 15.9 Å². The van der Waals surface area contributed by atoms with E-state index in [2.05, 4.69) is 14.9 Å². The van der Waals surface area contributed by atoms with Crippen LogP contribution in [0.15, 0.2) is 77.7 Å². The third-order valence-corrected chi connectivity index (χ3v) is 7.08. The number of amides is 1. The SMILES string of the molecule is CC1CN(Cc2ccccc2NC(=O)c2ccc(S(=O)(=O)Nc3ccccc3F)cc2)CC(C)O1. The van der Waals surface area contributed by atoms with Gasteiger partial charge in [0.1, 0.15) is 5.82 Å². The van der Waals surface area contributed by atoms with Crippen molar-refractivity contribution in [1.29, 1.82) is 0 Å². The maximum atomic E-state index is 13.8. The van der Waals surface area contributed by atoms with Crippen molar-refractivity contribution in [3.63, 3.8) is 0 Å². The molecule has 4 rings (SSSR count). The lowest BCUT2D eigenvalue weighted by Crippen LogP contribution is -2.44. The molecule has 2 atom stereocenters. The normalized spacial score (nSPS) is 18.7. The van der Waals surface area contributed by atoms with Crippen LogP contribution in [0.2, 0.25) is 0 Å². The number of rotatable bonds is 7. The number of nitrogens with one attached hydrogen (secondary N) is 2. The third-order valence-electron chi connectivity index (χ3n) is 5.70. The second-order valence-corrected chi connectivity index (χ2v) is 10.4. The number of hydrogen-bond acceptors (Lipinski definition) is 5. The van der Waals surface area contributed by atoms with Crippen LogP contribution >= 0.6 is 0 Å². The monoisotopic (exact) mass is 497 g/mol. The molecular formula is C26H28FN3O4S. The lowest BCUT2D eigenvalue weighted by molar-refractivity contribution is -0.0704. The third kappa shape index (κ3) is 6.25. The minimum absolute atomic E-state index is 0.0757. The van der Waals surface area contributed by atoms with E-state index in [1.807, 2.05) is 38.1 Å². The first-order chi connectivity index (χ1) is 16.7. The number of nitrogens with zero attached hydrogens (tertiary/aromatic N) is 1. The zero-order chi connectivity index (χ0) is 25.0. The van der Waals surface area contributed by atoms with E-state index < -0.39 is 15.8 Å². The summed E-state index contributed by atoms with van der Waals surface area (Å²) in [5.74, 6) is -1.03. The highest BCUT2D eigenvalue weighted by molar-refractivity contribution is 7.92. The van der Waals surface area contributed by atoms with Crippen molar-refractivity contribution in [1.82, 2.24) is 4.90 Å². The Balaban J connectivity index is 1.45. The van der Waals surface area contributed by atoms with Crippen LogP contribution in [0.1, 0.15) is 29.8 Å². The first-order valence-corrected chi connectivity index (χ1v) is 12.8. The number of benzene rings is 3. The zero-order valence-corrected chi connectivity index (χ0v) is 20.4. The molecule has 35 heavy (non-hydrogen) atoms. The predicted molar refractivity (Wildman–Crippen MR) is 133 cm³/mol. The maximum absolute atomic E-state index is 13.8. The molecule has 0 aliphatic carbocycles. The molecular weight excluding hydrogens is 469 g/mol. The van der Waals surface area contributed by atoms with Crippen molar-refractivity contribution in [3.8, 4) is 0 Å². The average molecular weight is 498 g/mol. The Morgan fingerprint density at radius 1 is 0.943 bits per heavy atom. The Kier molecular flexibility index (Phi) is 7.49. The molecule has 0 radical (unpaired) electrons. The van der Waals surface area contributed by atoms with Gasteiger partial charge in [-0.15, -0.1) is 0 Å². The van der Waals surface area contributed by atoms with Crippen LogP contribution in [-0.2, 0) is 21.3 Å². The summed E-state index contributed by atoms with van der Waals surface area (Å²) in [6.45, 7) is 6.39. The van der Waals surface area contributed by atoms with Gasteiger partial charge in [-0.1, -0.05) is 30.3 Å². The van der Waals surface area contributed by atoms with Crippen molar-refractivity contribution < 1.29 is 22.3 Å². The van der Waals surface area contributed by atoms with Gasteiger partial charge in [0.05, 0.1) is 22.8 Å². The molecule has 1 fully saturated rings. The number of para-hydroxylation sites is 2. The topological polar surface area (TPSA) is 87.7 Å². The van der Waals surface area contributed by atoms with E-state index >= 15 is 0 Å². The lowest BCUT2D eigenvalue weighted by Gasteiger charge is -2.35. The molecule has 1 heterocycles. The van der Waals surface area contributed by atoms with E-state index in [0.29, 0.717) is 17.8 Å². The van der Waals surface area contributed by atoms with E-state index in [1.54, 1.807) is 0 Å². The van der Waals surface area contributed by atoms with Crippen LogP contribution < -0.4 is 10.0 Å². The fourth-order valence-electron chi connectivity index (χ4n) is 4.16. The molecule has 1 saturated heterocycles. The number of morpholine rings is 1. The molecule has 2 N–H and O–H groups in total. The second-order valence-electron chi connectivity index (χ2n) is 8.67. The highest BCUT2D eigenvalue weighted by Crippen LogP contribution is 2.22. The van der Waals surface area contributed by atoms with Crippen LogP contribution in [0.4, 0.5) is 15.8 Å². The Morgan fingerprint density at radius 3 is 2.20 bits per heavy atom. The Labute approximate surface area is 205 Å². The number of carbonyl (C=O) groups is 1. The number of anilines is 2. The van der Waals surface area contributed by atoms with E-state index in [4.69, 9.17) is 4.74 Å². The molecule has 0 spiro atoms. The van der Waals surface area contributed by atoms with Gasteiger partial charge in [-0.2, -0.15) is 0 Å². The number of hydrogen-bond donors (Lipinski definition) is 2. The van der Waals surface area contributed by atoms with Gasteiger partial charge in [0.2, 0.25) is 0 Å². The molecule has 3 aromatic carbocycles. The van der Waals surface area contributed by atoms with E-state index in [0.717, 1.165) is 18.7 Å². The molecule has 1 aliphatic heterocycles. The first kappa shape index (κ1) is 24.8. The smallest absolute Gasteiger partial charge is 0.261 e. The molecule has 7 nitrogen and oxygen atoms in total. The lowest BCUT2D eigenvalue weighted by atomic mass is 10.1. The largest absolute Gasteiger partial charge is 0.373 e. The summed E-state index contributed by atoms with van der Waals surface area (Å²) >= 11 is 0. The van der Waals surface area contributed by atoms with Gasteiger partial charge in [-0.3, -0.25) is 14.4 Å². The summed E-state index contributed by atoms with van der Waals surface area (Å²) in [5.41, 5.74) is 1.84. The van der Waals surface area contributed by atoms with Crippen LogP contribution in [0.5, 0.6) is 0 Å². The van der Waals surface area contributed by atoms with Gasteiger partial charge in [0.15, 0.2) is 0 Å². The number of sulfonamides is 1. The quantitative estimate of drug-likeness (QED) is 0.502. The summed E-state index contributed by atoms with van der Waals surface area (Å²) in [7, 11) is -4.01. The molecule has 3 aromatic rings. The average Bonchev–Trinajstić information content (AvgIpc) is 2.81. The van der Waals surface area contributed by atoms with Gasteiger partial charge < -0.3 is 10.1 Å². The van der Waals surface area contributed by atoms with Crippen LogP contribution in [-0.4, -0.2) is 44.5 Å². The highest BCUT2D eigenvalue weighted by atomic mass is 32.2. The van der Waals surface area contributed by atoms with Gasteiger partial charge in [-0.05, 0) is 61.9 Å². The standard InChI is InChI=1S/C26H28FN3O4S/c1-18-15-30(16-19(2)34-18)17-21-7-3-5-9-24(21)28-26(31)20-11-13-22(14-12-20)35(32,33)29-25-10-6-4-8-23(25)27/h3-14,18-19,29H,15-17H2,1-2H3,(H,28,31). The van der Waals surface area contributed by atoms with Crippen LogP contribution in [0.25, 0.3) is 0 Å². The minimum atomic E-state index is -4.01. The van der Waals surface area contributed by atoms with Crippen LogP contribution in [0, 0.1) is 5.82 Å². The second kappa shape index (κ2) is 10.6. The summed E-state index contributed by atoms with van der Waals surface area (Å²) in [6, 6.07) is 18.6. The molecule has 0 aromatic heterocycles. The number of halogens is 1. The minimum Gasteiger partial charge on any atom is -0.373 e. The van der Waals surface area contributed by atoms with Gasteiger partial charge in [0, 0.05) is 30.9 Å². The van der Waals surface area contributed by atoms with Crippen molar-refractivity contribution in [3.05, 3.63) is 89.7 Å². The predicted octanol–water partition coefficient (Wildman–Crippen LogP) is 4.49. The molecule has 9 heteroatoms. The summed E-state index contributed by atoms with van der Waals surface area (Å²) in [5, 5.41) is 2.93. The van der Waals surface area contributed by atoms with Crippen molar-refractivity contribution in [2.45, 2.75) is 37.5 Å². The molecule has 184 valence electrons. The van der Waals surface area contributed by atoms with Gasteiger partial charge in [-0.25, -0.2) is 12.8 Å². The summed E-state index contributed by atoms with van der Waals surface area (Å²) in [6.07, 6.45) is 0.284. The van der Waals surface area contributed by atoms with Crippen molar-refractivity contribution in [2.75, 3.05) is 23.1 Å². The van der Waals surface area contributed by atoms with E-state index in [1.165, 1.54) is 48.5 Å². The molecule has 2 unspecified atom stereocenters. The Bertz CT molecular complexity index is 1290. The Morgan fingerprint density at radius 2 is 1.54 bits per heavy atom. The van der Waals surface area contributed by atoms with E-state index in [-0.39, 0.29) is 28.7 Å². The molecule has 1 aliphatic rings. The highest BCUT2D eigenvalue weighted by Gasteiger charge is 2.23. The summed E-state index contributed by atoms with van der Waals surface area (Å²) in [4.78, 5) is 15.1.